The molecule has 2 saturated carbocycles. The smallest absolute Gasteiger partial charge is 0.144 e. The Morgan fingerprint density at radius 1 is 0.850 bits per heavy atom. The van der Waals surface area contributed by atoms with E-state index >= 15 is 0 Å². The Labute approximate surface area is 121 Å². The van der Waals surface area contributed by atoms with E-state index in [0.29, 0.717) is 17.6 Å². The lowest BCUT2D eigenvalue weighted by Crippen LogP contribution is -2.41. The van der Waals surface area contributed by atoms with Crippen LogP contribution >= 0.6 is 0 Å². The van der Waals surface area contributed by atoms with Gasteiger partial charge in [0.05, 0.1) is 0 Å². The molecule has 20 heavy (non-hydrogen) atoms. The molecule has 0 aliphatic heterocycles. The maximum atomic E-state index is 12.8. The van der Waals surface area contributed by atoms with Gasteiger partial charge in [-0.15, -0.1) is 0 Å². The first kappa shape index (κ1) is 12.4. The molecular formula is C19H22O. The third-order valence-corrected chi connectivity index (χ3v) is 5.64. The SMILES string of the molecule is O=C1C2CCCC1C1CCCCC1=C2c1ccccc1. The summed E-state index contributed by atoms with van der Waals surface area (Å²) in [5, 5.41) is 0. The van der Waals surface area contributed by atoms with E-state index in [1.165, 1.54) is 43.2 Å². The number of ketones is 1. The van der Waals surface area contributed by atoms with Crippen LogP contribution in [0.3, 0.4) is 0 Å². The topological polar surface area (TPSA) is 17.1 Å². The number of rotatable bonds is 1. The highest BCUT2D eigenvalue weighted by Crippen LogP contribution is 2.52. The van der Waals surface area contributed by atoms with Crippen molar-refractivity contribution in [2.24, 2.45) is 17.8 Å². The Morgan fingerprint density at radius 3 is 2.50 bits per heavy atom. The molecule has 1 aromatic rings. The number of allylic oxidation sites excluding steroid dienone is 2. The molecular weight excluding hydrogens is 244 g/mol. The van der Waals surface area contributed by atoms with Crippen LogP contribution in [-0.2, 0) is 4.79 Å². The molecule has 1 aromatic carbocycles. The summed E-state index contributed by atoms with van der Waals surface area (Å²) in [5.41, 5.74) is 4.39. The number of carbonyl (C=O) groups excluding carboxylic acids is 1. The number of fused-ring (bicyclic) bond motifs is 4. The number of carbonyl (C=O) groups is 1. The standard InChI is InChI=1S/C19H22O/c20-19-16-11-6-12-17(19)18(13-7-2-1-3-8-13)15-10-5-4-9-14(15)16/h1-3,7-8,14,16-17H,4-6,9-12H2. The number of hydrogen-bond donors (Lipinski definition) is 0. The van der Waals surface area contributed by atoms with E-state index < -0.39 is 0 Å². The molecule has 3 aliphatic carbocycles. The predicted molar refractivity (Wildman–Crippen MR) is 81.2 cm³/mol. The van der Waals surface area contributed by atoms with Crippen LogP contribution in [0, 0.1) is 17.8 Å². The van der Waals surface area contributed by atoms with Gasteiger partial charge in [-0.3, -0.25) is 4.79 Å². The molecule has 0 N–H and O–H groups in total. The monoisotopic (exact) mass is 266 g/mol. The highest BCUT2D eigenvalue weighted by molar-refractivity contribution is 5.99. The molecule has 104 valence electrons. The highest BCUT2D eigenvalue weighted by atomic mass is 16.1. The normalized spacial score (nSPS) is 33.0. The van der Waals surface area contributed by atoms with Crippen LogP contribution in [0.5, 0.6) is 0 Å². The Bertz CT molecular complexity index is 554. The minimum Gasteiger partial charge on any atom is -0.299 e. The van der Waals surface area contributed by atoms with E-state index in [9.17, 15) is 4.79 Å². The summed E-state index contributed by atoms with van der Waals surface area (Å²) < 4.78 is 0. The molecule has 0 heterocycles. The molecule has 0 amide bonds. The molecule has 2 bridgehead atoms. The minimum absolute atomic E-state index is 0.209. The Morgan fingerprint density at radius 2 is 1.65 bits per heavy atom. The predicted octanol–water partition coefficient (Wildman–Crippen LogP) is 4.63. The highest BCUT2D eigenvalue weighted by Gasteiger charge is 2.45. The van der Waals surface area contributed by atoms with Crippen molar-refractivity contribution in [2.45, 2.75) is 44.9 Å². The van der Waals surface area contributed by atoms with Gasteiger partial charge in [0.25, 0.3) is 0 Å². The van der Waals surface area contributed by atoms with Gasteiger partial charge < -0.3 is 0 Å². The lowest BCUT2D eigenvalue weighted by atomic mass is 9.59. The maximum Gasteiger partial charge on any atom is 0.144 e. The van der Waals surface area contributed by atoms with Crippen molar-refractivity contribution < 1.29 is 4.79 Å². The van der Waals surface area contributed by atoms with Gasteiger partial charge in [-0.2, -0.15) is 0 Å². The fourth-order valence-corrected chi connectivity index (χ4v) is 4.82. The van der Waals surface area contributed by atoms with Crippen molar-refractivity contribution in [3.05, 3.63) is 41.5 Å². The maximum absolute atomic E-state index is 12.8. The molecule has 1 nitrogen and oxygen atoms in total. The van der Waals surface area contributed by atoms with E-state index in [-0.39, 0.29) is 5.92 Å². The van der Waals surface area contributed by atoms with Crippen molar-refractivity contribution in [3.8, 4) is 0 Å². The van der Waals surface area contributed by atoms with Gasteiger partial charge in [-0.1, -0.05) is 48.7 Å². The average Bonchev–Trinajstić information content (AvgIpc) is 2.49. The molecule has 3 atom stereocenters. The lowest BCUT2D eigenvalue weighted by Gasteiger charge is -2.44. The zero-order chi connectivity index (χ0) is 13.5. The molecule has 1 heteroatoms. The van der Waals surface area contributed by atoms with E-state index in [1.54, 1.807) is 5.57 Å². The third-order valence-electron chi connectivity index (χ3n) is 5.64. The molecule has 4 rings (SSSR count). The van der Waals surface area contributed by atoms with Gasteiger partial charge in [-0.05, 0) is 49.2 Å². The minimum atomic E-state index is 0.209. The van der Waals surface area contributed by atoms with Crippen LogP contribution in [0.4, 0.5) is 0 Å². The lowest BCUT2D eigenvalue weighted by molar-refractivity contribution is -0.129. The van der Waals surface area contributed by atoms with Crippen LogP contribution in [0.15, 0.2) is 35.9 Å². The average molecular weight is 266 g/mol. The molecule has 0 spiro atoms. The van der Waals surface area contributed by atoms with Crippen molar-refractivity contribution in [1.82, 2.24) is 0 Å². The Hall–Kier alpha value is -1.37. The zero-order valence-electron chi connectivity index (χ0n) is 12.0. The second-order valence-corrected chi connectivity index (χ2v) is 6.65. The fourth-order valence-electron chi connectivity index (χ4n) is 4.82. The molecule has 2 fully saturated rings. The van der Waals surface area contributed by atoms with Crippen molar-refractivity contribution >= 4 is 11.4 Å². The van der Waals surface area contributed by atoms with E-state index in [0.717, 1.165) is 12.8 Å². The molecule has 3 aliphatic rings. The van der Waals surface area contributed by atoms with Crippen LogP contribution in [-0.4, -0.2) is 5.78 Å². The third kappa shape index (κ3) is 1.79. The Kier molecular flexibility index (Phi) is 3.02. The molecule has 0 aromatic heterocycles. The number of hydrogen-bond acceptors (Lipinski definition) is 1. The summed E-state index contributed by atoms with van der Waals surface area (Å²) in [5.74, 6) is 1.70. The largest absolute Gasteiger partial charge is 0.299 e. The van der Waals surface area contributed by atoms with E-state index in [4.69, 9.17) is 0 Å². The van der Waals surface area contributed by atoms with Crippen molar-refractivity contribution in [2.75, 3.05) is 0 Å². The first-order chi connectivity index (χ1) is 9.86. The fraction of sp³-hybridized carbons (Fsp3) is 0.526. The molecule has 0 radical (unpaired) electrons. The zero-order valence-corrected chi connectivity index (χ0v) is 12.0. The summed E-state index contributed by atoms with van der Waals surface area (Å²) in [7, 11) is 0. The second kappa shape index (κ2) is 4.87. The number of benzene rings is 1. The van der Waals surface area contributed by atoms with Crippen LogP contribution in [0.1, 0.15) is 50.5 Å². The van der Waals surface area contributed by atoms with Crippen LogP contribution in [0.25, 0.3) is 5.57 Å². The summed E-state index contributed by atoms with van der Waals surface area (Å²) >= 11 is 0. The van der Waals surface area contributed by atoms with Gasteiger partial charge >= 0.3 is 0 Å². The van der Waals surface area contributed by atoms with Crippen molar-refractivity contribution in [3.63, 3.8) is 0 Å². The summed E-state index contributed by atoms with van der Waals surface area (Å²) in [4.78, 5) is 12.8. The van der Waals surface area contributed by atoms with E-state index in [2.05, 4.69) is 30.3 Å². The van der Waals surface area contributed by atoms with Crippen LogP contribution < -0.4 is 0 Å². The first-order valence-electron chi connectivity index (χ1n) is 8.18. The summed E-state index contributed by atoms with van der Waals surface area (Å²) in [6.45, 7) is 0. The molecule has 0 saturated heterocycles. The molecule has 3 unspecified atom stereocenters. The van der Waals surface area contributed by atoms with Crippen molar-refractivity contribution in [1.29, 1.82) is 0 Å². The van der Waals surface area contributed by atoms with Gasteiger partial charge in [0, 0.05) is 11.8 Å². The van der Waals surface area contributed by atoms with E-state index in [1.807, 2.05) is 0 Å². The van der Waals surface area contributed by atoms with Crippen LogP contribution in [0.2, 0.25) is 0 Å². The van der Waals surface area contributed by atoms with Gasteiger partial charge in [0.2, 0.25) is 0 Å². The summed E-state index contributed by atoms with van der Waals surface area (Å²) in [6, 6.07) is 10.7. The van der Waals surface area contributed by atoms with Gasteiger partial charge in [0.15, 0.2) is 0 Å². The van der Waals surface area contributed by atoms with Gasteiger partial charge in [-0.25, -0.2) is 0 Å². The quantitative estimate of drug-likeness (QED) is 0.724. The second-order valence-electron chi connectivity index (χ2n) is 6.65. The first-order valence-corrected chi connectivity index (χ1v) is 8.18. The Balaban J connectivity index is 1.89. The number of Topliss-reactive ketones (excluding diaryl/α,β-unsaturated/α-hetero) is 1. The van der Waals surface area contributed by atoms with Gasteiger partial charge in [0.1, 0.15) is 5.78 Å². The summed E-state index contributed by atoms with van der Waals surface area (Å²) in [6.07, 6.45) is 8.56.